The zero-order valence-electron chi connectivity index (χ0n) is 31.4. The highest BCUT2D eigenvalue weighted by atomic mass is 16.4. The van der Waals surface area contributed by atoms with Gasteiger partial charge in [-0.2, -0.15) is 0 Å². The van der Waals surface area contributed by atoms with Gasteiger partial charge in [0.05, 0.1) is 50.3 Å². The van der Waals surface area contributed by atoms with E-state index in [1.165, 1.54) is 12.5 Å². The number of carbonyl (C=O) groups excluding carboxylic acids is 7. The first-order valence-corrected chi connectivity index (χ1v) is 18.1. The molecule has 1 aliphatic heterocycles. The fourth-order valence-electron chi connectivity index (χ4n) is 5.82. The second-order valence-corrected chi connectivity index (χ2v) is 13.3. The van der Waals surface area contributed by atoms with Crippen molar-refractivity contribution in [3.05, 3.63) is 54.1 Å². The zero-order valence-corrected chi connectivity index (χ0v) is 31.4. The number of imidazole rings is 1. The van der Waals surface area contributed by atoms with E-state index in [-0.39, 0.29) is 25.8 Å². The minimum atomic E-state index is -1.87. The van der Waals surface area contributed by atoms with Crippen LogP contribution in [0.5, 0.6) is 0 Å². The highest BCUT2D eigenvalue weighted by Crippen LogP contribution is 2.19. The van der Waals surface area contributed by atoms with Crippen molar-refractivity contribution in [2.45, 2.75) is 81.4 Å². The fourth-order valence-corrected chi connectivity index (χ4v) is 5.82. The number of nitrogens with two attached hydrogens (primary N) is 1. The van der Waals surface area contributed by atoms with Gasteiger partial charge in [0.15, 0.2) is 0 Å². The molecule has 1 aromatic heterocycles. The van der Waals surface area contributed by atoms with Crippen molar-refractivity contribution in [2.75, 3.05) is 26.2 Å². The van der Waals surface area contributed by atoms with E-state index >= 15 is 0 Å². The molecule has 1 aromatic carbocycles. The Kier molecular flexibility index (Phi) is 17.7. The lowest BCUT2D eigenvalue weighted by atomic mass is 10.1. The van der Waals surface area contributed by atoms with Gasteiger partial charge in [-0.25, -0.2) is 9.78 Å². The number of carboxylic acids is 2. The maximum absolute atomic E-state index is 13.5. The molecule has 3 rings (SSSR count). The second-order valence-electron chi connectivity index (χ2n) is 13.3. The maximum Gasteiger partial charge on any atom is 0.326 e. The van der Waals surface area contributed by atoms with Gasteiger partial charge in [-0.1, -0.05) is 30.3 Å². The number of carboxylic acid groups (broad SMARTS) is 2. The molecule has 0 unspecified atom stereocenters. The monoisotopic (exact) mass is 816 g/mol. The number of likely N-dealkylation sites (tertiary alicyclic amines) is 1. The number of aromatic nitrogens is 2. The van der Waals surface area contributed by atoms with Gasteiger partial charge in [-0.05, 0) is 31.7 Å². The number of aliphatic hydroxyl groups excluding tert-OH is 2. The summed E-state index contributed by atoms with van der Waals surface area (Å²) in [6.07, 6.45) is 0.697. The summed E-state index contributed by atoms with van der Waals surface area (Å²) in [6.45, 7) is -1.21. The van der Waals surface area contributed by atoms with Crippen molar-refractivity contribution in [2.24, 2.45) is 5.73 Å². The van der Waals surface area contributed by atoms with Crippen molar-refractivity contribution >= 4 is 53.3 Å². The molecule has 1 saturated heterocycles. The SMILES string of the molecule is C[C@@H](O)[C@H](NC(=O)[C@H](CO)NC(=O)[C@H](CC(=O)O)NC(=O)CNC(=O)CNC(=O)[C@@H](N)Cc1ccccc1)C(=O)N[C@@H](Cc1c[nH]cn1)C(=O)N1CCC[C@H]1C(=O)O. The number of rotatable bonds is 22. The Morgan fingerprint density at radius 2 is 1.50 bits per heavy atom. The van der Waals surface area contributed by atoms with Crippen LogP contribution in [0.3, 0.4) is 0 Å². The van der Waals surface area contributed by atoms with Gasteiger partial charge in [0.1, 0.15) is 30.2 Å². The number of aliphatic carboxylic acids is 2. The molecule has 0 radical (unpaired) electrons. The zero-order chi connectivity index (χ0) is 42.9. The molecule has 2 aromatic rings. The van der Waals surface area contributed by atoms with E-state index in [9.17, 15) is 63.6 Å². The van der Waals surface area contributed by atoms with Crippen molar-refractivity contribution in [3.63, 3.8) is 0 Å². The predicted molar refractivity (Wildman–Crippen MR) is 198 cm³/mol. The first-order chi connectivity index (χ1) is 27.5. The average Bonchev–Trinajstić information content (AvgIpc) is 3.89. The van der Waals surface area contributed by atoms with Crippen molar-refractivity contribution in [1.29, 1.82) is 0 Å². The minimum absolute atomic E-state index is 0.0975. The van der Waals surface area contributed by atoms with Crippen LogP contribution in [0.1, 0.15) is 37.4 Å². The molecule has 316 valence electrons. The van der Waals surface area contributed by atoms with Gasteiger partial charge in [-0.15, -0.1) is 0 Å². The number of H-pyrrole nitrogens is 1. The summed E-state index contributed by atoms with van der Waals surface area (Å²) >= 11 is 0. The molecule has 23 nitrogen and oxygen atoms in total. The van der Waals surface area contributed by atoms with Crippen LogP contribution in [0.15, 0.2) is 42.9 Å². The van der Waals surface area contributed by atoms with E-state index in [2.05, 4.69) is 41.9 Å². The molecular weight excluding hydrogens is 768 g/mol. The third-order valence-corrected chi connectivity index (χ3v) is 8.82. The Bertz CT molecular complexity index is 1780. The summed E-state index contributed by atoms with van der Waals surface area (Å²) in [7, 11) is 0. The van der Waals surface area contributed by atoms with E-state index in [1.54, 1.807) is 30.3 Å². The third-order valence-electron chi connectivity index (χ3n) is 8.82. The van der Waals surface area contributed by atoms with E-state index in [0.29, 0.717) is 12.1 Å². The quantitative estimate of drug-likeness (QED) is 0.0528. The van der Waals surface area contributed by atoms with Crippen LogP contribution >= 0.6 is 0 Å². The molecule has 0 bridgehead atoms. The van der Waals surface area contributed by atoms with Gasteiger partial charge in [0.2, 0.25) is 41.4 Å². The summed E-state index contributed by atoms with van der Waals surface area (Å²) < 4.78 is 0. The molecule has 58 heavy (non-hydrogen) atoms. The molecular formula is C35H48N10O13. The number of hydrogen-bond donors (Lipinski definition) is 12. The summed E-state index contributed by atoms with van der Waals surface area (Å²) in [5.74, 6) is -9.65. The third kappa shape index (κ3) is 14.2. The van der Waals surface area contributed by atoms with Crippen molar-refractivity contribution in [3.8, 4) is 0 Å². The smallest absolute Gasteiger partial charge is 0.326 e. The molecule has 1 aliphatic rings. The molecule has 0 aliphatic carbocycles. The molecule has 2 heterocycles. The van der Waals surface area contributed by atoms with Crippen LogP contribution in [-0.4, -0.2) is 157 Å². The number of benzene rings is 1. The summed E-state index contributed by atoms with van der Waals surface area (Å²) in [5.41, 5.74) is 6.99. The minimum Gasteiger partial charge on any atom is -0.481 e. The summed E-state index contributed by atoms with van der Waals surface area (Å²) in [5, 5.41) is 52.5. The van der Waals surface area contributed by atoms with Crippen LogP contribution in [0.25, 0.3) is 0 Å². The Morgan fingerprint density at radius 3 is 2.10 bits per heavy atom. The second kappa shape index (κ2) is 22.3. The first-order valence-electron chi connectivity index (χ1n) is 18.1. The van der Waals surface area contributed by atoms with Crippen LogP contribution in [0, 0.1) is 0 Å². The van der Waals surface area contributed by atoms with E-state index in [1.807, 2.05) is 0 Å². The lowest BCUT2D eigenvalue weighted by Crippen LogP contribution is -2.62. The molecule has 7 amide bonds. The number of amides is 7. The molecule has 0 saturated carbocycles. The van der Waals surface area contributed by atoms with Crippen LogP contribution < -0.4 is 37.6 Å². The van der Waals surface area contributed by atoms with Gasteiger partial charge in [0.25, 0.3) is 0 Å². The number of carbonyl (C=O) groups is 9. The van der Waals surface area contributed by atoms with Gasteiger partial charge >= 0.3 is 11.9 Å². The first kappa shape index (κ1) is 45.9. The number of hydrogen-bond acceptors (Lipinski definition) is 13. The topological polar surface area (TPSA) is 365 Å². The lowest BCUT2D eigenvalue weighted by Gasteiger charge is -2.29. The van der Waals surface area contributed by atoms with Gasteiger partial charge < -0.3 is 67.9 Å². The molecule has 0 spiro atoms. The van der Waals surface area contributed by atoms with Gasteiger partial charge in [-0.3, -0.25) is 38.4 Å². The highest BCUT2D eigenvalue weighted by molar-refractivity contribution is 5.97. The Morgan fingerprint density at radius 1 is 0.845 bits per heavy atom. The van der Waals surface area contributed by atoms with Crippen molar-refractivity contribution in [1.82, 2.24) is 46.8 Å². The number of nitrogens with zero attached hydrogens (tertiary/aromatic N) is 2. The largest absolute Gasteiger partial charge is 0.481 e. The average molecular weight is 817 g/mol. The molecule has 23 heteroatoms. The van der Waals surface area contributed by atoms with E-state index in [4.69, 9.17) is 5.73 Å². The molecule has 13 N–H and O–H groups in total. The lowest BCUT2D eigenvalue weighted by molar-refractivity contribution is -0.149. The molecule has 1 fully saturated rings. The van der Waals surface area contributed by atoms with Crippen LogP contribution in [0.2, 0.25) is 0 Å². The van der Waals surface area contributed by atoms with Crippen molar-refractivity contribution < 1.29 is 63.6 Å². The summed E-state index contributed by atoms with van der Waals surface area (Å²) in [4.78, 5) is 121. The maximum atomic E-state index is 13.5. The Balaban J connectivity index is 1.58. The van der Waals surface area contributed by atoms with Crippen LogP contribution in [-0.2, 0) is 56.0 Å². The number of aliphatic hydroxyl groups is 2. The number of nitrogens with one attached hydrogen (secondary N) is 7. The Hall–Kier alpha value is -6.46. The molecule has 7 atom stereocenters. The van der Waals surface area contributed by atoms with Crippen LogP contribution in [0.4, 0.5) is 0 Å². The van der Waals surface area contributed by atoms with E-state index in [0.717, 1.165) is 17.4 Å². The predicted octanol–water partition coefficient (Wildman–Crippen LogP) is -5.38. The van der Waals surface area contributed by atoms with E-state index < -0.39 is 122 Å². The Labute approximate surface area is 330 Å². The standard InChI is InChI=1S/C35H48N10O13/c1-18(47)29(33(55)42-23(11-20-13-37-17-40-20)34(56)45-9-5-8-25(45)35(57)58)44-32(54)24(16-46)43-31(53)22(12-28(50)51)41-27(49)15-38-26(48)14-39-30(52)21(36)10-19-6-3-2-4-7-19/h2-4,6-7,13,17-18,21-25,29,46-47H,5,8-12,14-16,36H2,1H3,(H,37,40)(H,38,48)(H,39,52)(H,41,49)(H,42,55)(H,43,53)(H,44,54)(H,50,51)(H,57,58)/t18-,21+,22+,23+,24+,25+,29+/m1/s1. The fraction of sp³-hybridized carbons (Fsp3) is 0.486. The van der Waals surface area contributed by atoms with Gasteiger partial charge in [0, 0.05) is 19.2 Å². The normalized spacial score (nSPS) is 16.6. The summed E-state index contributed by atoms with van der Waals surface area (Å²) in [6, 6.07) is -0.138. The number of aromatic amines is 1. The highest BCUT2D eigenvalue weighted by Gasteiger charge is 2.39.